The summed E-state index contributed by atoms with van der Waals surface area (Å²) in [6.07, 6.45) is 7.46. The maximum atomic E-state index is 2.58. The second-order valence-electron chi connectivity index (χ2n) is 8.13. The highest BCUT2D eigenvalue weighted by atomic mass is 15.3. The van der Waals surface area contributed by atoms with Crippen molar-refractivity contribution in [2.75, 3.05) is 33.2 Å². The molecule has 0 N–H and O–H groups in total. The van der Waals surface area contributed by atoms with Crippen LogP contribution in [0.2, 0.25) is 0 Å². The van der Waals surface area contributed by atoms with Crippen LogP contribution in [0.5, 0.6) is 0 Å². The van der Waals surface area contributed by atoms with Gasteiger partial charge in [-0.15, -0.1) is 0 Å². The SMILES string of the molecule is CC(C)C1CCCCC1.CC(C)CN1CCN(C)C(C)C1. The third-order valence-corrected chi connectivity index (χ3v) is 5.26. The molecule has 0 bridgehead atoms. The van der Waals surface area contributed by atoms with E-state index in [2.05, 4.69) is 51.5 Å². The van der Waals surface area contributed by atoms with Gasteiger partial charge in [-0.05, 0) is 31.7 Å². The molecule has 1 atom stereocenters. The Morgan fingerprint density at radius 3 is 2.00 bits per heavy atom. The van der Waals surface area contributed by atoms with E-state index in [0.29, 0.717) is 0 Å². The summed E-state index contributed by atoms with van der Waals surface area (Å²) in [5.74, 6) is 2.80. The van der Waals surface area contributed by atoms with Crippen LogP contribution in [-0.4, -0.2) is 49.1 Å². The zero-order valence-electron chi connectivity index (χ0n) is 15.6. The van der Waals surface area contributed by atoms with Crippen LogP contribution in [0.4, 0.5) is 0 Å². The standard InChI is InChI=1S/C10H22N2.C9H18/c1-9(2)7-12-6-5-11(4)10(3)8-12;1-8(2)9-6-4-3-5-7-9/h9-10H,5-8H2,1-4H3;8-9H,3-7H2,1-2H3. The highest BCUT2D eigenvalue weighted by molar-refractivity contribution is 4.76. The largest absolute Gasteiger partial charge is 0.301 e. The van der Waals surface area contributed by atoms with Crippen molar-refractivity contribution in [1.29, 1.82) is 0 Å². The third-order valence-electron chi connectivity index (χ3n) is 5.26. The molecule has 21 heavy (non-hydrogen) atoms. The Morgan fingerprint density at radius 1 is 0.952 bits per heavy atom. The van der Waals surface area contributed by atoms with Crippen LogP contribution in [0.3, 0.4) is 0 Å². The summed E-state index contributed by atoms with van der Waals surface area (Å²) in [6, 6.07) is 0.734. The van der Waals surface area contributed by atoms with Gasteiger partial charge in [-0.3, -0.25) is 0 Å². The fourth-order valence-corrected chi connectivity index (χ4v) is 3.61. The first-order valence-electron chi connectivity index (χ1n) is 9.32. The molecule has 2 heteroatoms. The van der Waals surface area contributed by atoms with Gasteiger partial charge >= 0.3 is 0 Å². The van der Waals surface area contributed by atoms with E-state index in [0.717, 1.165) is 23.8 Å². The number of rotatable bonds is 3. The van der Waals surface area contributed by atoms with Crippen molar-refractivity contribution in [3.8, 4) is 0 Å². The molecule has 2 fully saturated rings. The lowest BCUT2D eigenvalue weighted by molar-refractivity contribution is 0.0963. The lowest BCUT2D eigenvalue weighted by Gasteiger charge is -2.38. The van der Waals surface area contributed by atoms with E-state index in [1.54, 1.807) is 0 Å². The summed E-state index contributed by atoms with van der Waals surface area (Å²) in [5.41, 5.74) is 0. The number of hydrogen-bond acceptors (Lipinski definition) is 2. The summed E-state index contributed by atoms with van der Waals surface area (Å²) in [4.78, 5) is 5.02. The number of nitrogens with zero attached hydrogens (tertiary/aromatic N) is 2. The van der Waals surface area contributed by atoms with Gasteiger partial charge < -0.3 is 9.80 Å². The van der Waals surface area contributed by atoms with Crippen molar-refractivity contribution in [1.82, 2.24) is 9.80 Å². The van der Waals surface area contributed by atoms with Crippen LogP contribution >= 0.6 is 0 Å². The fraction of sp³-hybridized carbons (Fsp3) is 1.00. The van der Waals surface area contributed by atoms with Crippen molar-refractivity contribution in [2.45, 2.75) is 72.8 Å². The molecule has 1 aliphatic carbocycles. The second-order valence-corrected chi connectivity index (χ2v) is 8.13. The van der Waals surface area contributed by atoms with E-state index in [1.165, 1.54) is 58.3 Å². The zero-order chi connectivity index (χ0) is 15.8. The topological polar surface area (TPSA) is 6.48 Å². The van der Waals surface area contributed by atoms with Crippen LogP contribution in [0.15, 0.2) is 0 Å². The number of piperazine rings is 1. The first-order valence-corrected chi connectivity index (χ1v) is 9.32. The van der Waals surface area contributed by atoms with Crippen LogP contribution in [0.25, 0.3) is 0 Å². The minimum absolute atomic E-state index is 0.734. The molecule has 0 amide bonds. The Bertz CT molecular complexity index is 256. The second kappa shape index (κ2) is 9.84. The van der Waals surface area contributed by atoms with Gasteiger partial charge in [0.1, 0.15) is 0 Å². The monoisotopic (exact) mass is 296 g/mol. The number of likely N-dealkylation sites (N-methyl/N-ethyl adjacent to an activating group) is 1. The molecule has 126 valence electrons. The van der Waals surface area contributed by atoms with E-state index in [4.69, 9.17) is 0 Å². The first kappa shape index (κ1) is 19.0. The molecular weight excluding hydrogens is 256 g/mol. The molecule has 1 unspecified atom stereocenters. The van der Waals surface area contributed by atoms with Crippen molar-refractivity contribution >= 4 is 0 Å². The summed E-state index contributed by atoms with van der Waals surface area (Å²) < 4.78 is 0. The molecule has 2 aliphatic rings. The maximum Gasteiger partial charge on any atom is 0.0192 e. The Labute approximate surface area is 134 Å². The Hall–Kier alpha value is -0.0800. The number of hydrogen-bond donors (Lipinski definition) is 0. The molecule has 0 spiro atoms. The molecule has 0 radical (unpaired) electrons. The zero-order valence-corrected chi connectivity index (χ0v) is 15.6. The predicted molar refractivity (Wildman–Crippen MR) is 94.8 cm³/mol. The van der Waals surface area contributed by atoms with Gasteiger partial charge in [-0.2, -0.15) is 0 Å². The molecule has 2 rings (SSSR count). The summed E-state index contributed by atoms with van der Waals surface area (Å²) in [5, 5.41) is 0. The smallest absolute Gasteiger partial charge is 0.0192 e. The van der Waals surface area contributed by atoms with Crippen molar-refractivity contribution < 1.29 is 0 Å². The molecule has 1 saturated heterocycles. The lowest BCUT2D eigenvalue weighted by atomic mass is 9.82. The molecule has 2 nitrogen and oxygen atoms in total. The molecule has 1 saturated carbocycles. The summed E-state index contributed by atoms with van der Waals surface area (Å²) in [7, 11) is 2.22. The first-order chi connectivity index (χ1) is 9.90. The van der Waals surface area contributed by atoms with Crippen LogP contribution in [0, 0.1) is 17.8 Å². The highest BCUT2D eigenvalue weighted by Gasteiger charge is 2.20. The molecule has 1 aliphatic heterocycles. The lowest BCUT2D eigenvalue weighted by Crippen LogP contribution is -2.50. The van der Waals surface area contributed by atoms with Crippen molar-refractivity contribution in [3.63, 3.8) is 0 Å². The van der Waals surface area contributed by atoms with E-state index in [-0.39, 0.29) is 0 Å². The van der Waals surface area contributed by atoms with Crippen LogP contribution < -0.4 is 0 Å². The normalized spacial score (nSPS) is 26.0. The third kappa shape index (κ3) is 7.65. The molecule has 0 aromatic heterocycles. The minimum atomic E-state index is 0.734. The van der Waals surface area contributed by atoms with Gasteiger partial charge in [0, 0.05) is 32.2 Å². The summed E-state index contributed by atoms with van der Waals surface area (Å²) in [6.45, 7) is 16.6. The quantitative estimate of drug-likeness (QED) is 0.756. The van der Waals surface area contributed by atoms with E-state index < -0.39 is 0 Å². The van der Waals surface area contributed by atoms with Gasteiger partial charge in [0.05, 0.1) is 0 Å². The van der Waals surface area contributed by atoms with Gasteiger partial charge in [0.25, 0.3) is 0 Å². The van der Waals surface area contributed by atoms with E-state index in [9.17, 15) is 0 Å². The Balaban J connectivity index is 0.000000219. The van der Waals surface area contributed by atoms with Crippen molar-refractivity contribution in [3.05, 3.63) is 0 Å². The van der Waals surface area contributed by atoms with Gasteiger partial charge in [0.15, 0.2) is 0 Å². The Morgan fingerprint density at radius 2 is 1.57 bits per heavy atom. The fourth-order valence-electron chi connectivity index (χ4n) is 3.61. The minimum Gasteiger partial charge on any atom is -0.301 e. The van der Waals surface area contributed by atoms with E-state index >= 15 is 0 Å². The maximum absolute atomic E-state index is 2.58. The highest BCUT2D eigenvalue weighted by Crippen LogP contribution is 2.29. The van der Waals surface area contributed by atoms with Gasteiger partial charge in [0.2, 0.25) is 0 Å². The average Bonchev–Trinajstić information content (AvgIpc) is 2.44. The van der Waals surface area contributed by atoms with Gasteiger partial charge in [-0.25, -0.2) is 0 Å². The Kier molecular flexibility index (Phi) is 8.89. The van der Waals surface area contributed by atoms with Crippen molar-refractivity contribution in [2.24, 2.45) is 17.8 Å². The van der Waals surface area contributed by atoms with Crippen LogP contribution in [0.1, 0.15) is 66.7 Å². The summed E-state index contributed by atoms with van der Waals surface area (Å²) >= 11 is 0. The predicted octanol–water partition coefficient (Wildman–Crippen LogP) is 4.50. The van der Waals surface area contributed by atoms with E-state index in [1.807, 2.05) is 0 Å². The molecule has 0 aromatic carbocycles. The average molecular weight is 297 g/mol. The molecule has 1 heterocycles. The molecular formula is C19H40N2. The molecule has 0 aromatic rings. The van der Waals surface area contributed by atoms with Crippen LogP contribution in [-0.2, 0) is 0 Å². The van der Waals surface area contributed by atoms with Gasteiger partial charge in [-0.1, -0.05) is 59.8 Å².